The molecule has 28 heavy (non-hydrogen) atoms. The molecule has 0 fully saturated rings. The number of rotatable bonds is 7. The van der Waals surface area contributed by atoms with Gasteiger partial charge in [0, 0.05) is 36.3 Å². The summed E-state index contributed by atoms with van der Waals surface area (Å²) in [5, 5.41) is 5.65. The minimum absolute atomic E-state index is 0.102. The highest BCUT2D eigenvalue weighted by Gasteiger charge is 2.15. The van der Waals surface area contributed by atoms with E-state index in [0.29, 0.717) is 60.1 Å². The minimum atomic E-state index is -0.102. The quantitative estimate of drug-likeness (QED) is 0.712. The molecule has 2 aliphatic heterocycles. The van der Waals surface area contributed by atoms with Crippen LogP contribution in [0.15, 0.2) is 36.4 Å². The molecule has 0 atom stereocenters. The van der Waals surface area contributed by atoms with Gasteiger partial charge < -0.3 is 29.6 Å². The highest BCUT2D eigenvalue weighted by molar-refractivity contribution is 5.92. The van der Waals surface area contributed by atoms with E-state index in [1.807, 2.05) is 0 Å². The molecule has 8 heteroatoms. The Morgan fingerprint density at radius 3 is 1.57 bits per heavy atom. The summed E-state index contributed by atoms with van der Waals surface area (Å²) in [6, 6.07) is 10.5. The van der Waals surface area contributed by atoms with E-state index >= 15 is 0 Å². The molecule has 2 heterocycles. The van der Waals surface area contributed by atoms with E-state index in [1.54, 1.807) is 36.4 Å². The Labute approximate surface area is 161 Å². The second-order valence-electron chi connectivity index (χ2n) is 6.44. The van der Waals surface area contributed by atoms with Gasteiger partial charge in [0.2, 0.25) is 25.4 Å². The number of carbonyl (C=O) groups excluding carboxylic acids is 2. The first kappa shape index (κ1) is 18.0. The van der Waals surface area contributed by atoms with Crippen molar-refractivity contribution in [1.29, 1.82) is 0 Å². The zero-order valence-corrected chi connectivity index (χ0v) is 15.2. The molecule has 146 valence electrons. The third-order valence-corrected chi connectivity index (χ3v) is 4.37. The first-order valence-corrected chi connectivity index (χ1v) is 9.06. The molecular weight excluding hydrogens is 364 g/mol. The van der Waals surface area contributed by atoms with Crippen molar-refractivity contribution < 1.29 is 28.5 Å². The van der Waals surface area contributed by atoms with Crippen molar-refractivity contribution in [3.8, 4) is 23.0 Å². The van der Waals surface area contributed by atoms with Gasteiger partial charge in [-0.05, 0) is 37.1 Å². The summed E-state index contributed by atoms with van der Waals surface area (Å²) in [6.07, 6.45) is 1.91. The van der Waals surface area contributed by atoms with Crippen molar-refractivity contribution in [2.24, 2.45) is 0 Å². The van der Waals surface area contributed by atoms with Crippen molar-refractivity contribution in [2.45, 2.75) is 25.7 Å². The number of nitrogens with one attached hydrogen (secondary N) is 2. The Morgan fingerprint density at radius 2 is 1.11 bits per heavy atom. The maximum atomic E-state index is 12.0. The van der Waals surface area contributed by atoms with Gasteiger partial charge in [-0.2, -0.15) is 0 Å². The molecule has 2 aliphatic rings. The lowest BCUT2D eigenvalue weighted by molar-refractivity contribution is -0.118. The molecule has 0 radical (unpaired) electrons. The normalized spacial score (nSPS) is 13.3. The van der Waals surface area contributed by atoms with Crippen LogP contribution in [0.5, 0.6) is 23.0 Å². The van der Waals surface area contributed by atoms with Crippen LogP contribution in [0.25, 0.3) is 0 Å². The number of hydrogen-bond donors (Lipinski definition) is 2. The fourth-order valence-corrected chi connectivity index (χ4v) is 2.97. The maximum absolute atomic E-state index is 12.0. The summed E-state index contributed by atoms with van der Waals surface area (Å²) in [5.41, 5.74) is 1.32. The minimum Gasteiger partial charge on any atom is -0.454 e. The predicted molar refractivity (Wildman–Crippen MR) is 101 cm³/mol. The predicted octanol–water partition coefficient (Wildman–Crippen LogP) is 3.28. The van der Waals surface area contributed by atoms with Crippen molar-refractivity contribution in [3.63, 3.8) is 0 Å². The van der Waals surface area contributed by atoms with Crippen LogP contribution in [0.4, 0.5) is 11.4 Å². The number of anilines is 2. The zero-order chi connectivity index (χ0) is 19.3. The van der Waals surface area contributed by atoms with Gasteiger partial charge in [-0.15, -0.1) is 0 Å². The summed E-state index contributed by atoms with van der Waals surface area (Å²) in [7, 11) is 0. The summed E-state index contributed by atoms with van der Waals surface area (Å²) >= 11 is 0. The maximum Gasteiger partial charge on any atom is 0.231 e. The third-order valence-electron chi connectivity index (χ3n) is 4.37. The van der Waals surface area contributed by atoms with Crippen molar-refractivity contribution >= 4 is 23.2 Å². The van der Waals surface area contributed by atoms with Crippen molar-refractivity contribution in [2.75, 3.05) is 24.2 Å². The Hall–Kier alpha value is -3.42. The zero-order valence-electron chi connectivity index (χ0n) is 15.2. The Morgan fingerprint density at radius 1 is 0.679 bits per heavy atom. The molecule has 8 nitrogen and oxygen atoms in total. The van der Waals surface area contributed by atoms with Crippen LogP contribution in [0.2, 0.25) is 0 Å². The van der Waals surface area contributed by atoms with Crippen LogP contribution < -0.4 is 29.6 Å². The van der Waals surface area contributed by atoms with E-state index in [9.17, 15) is 9.59 Å². The molecule has 0 saturated heterocycles. The third kappa shape index (κ3) is 4.28. The van der Waals surface area contributed by atoms with Crippen LogP contribution in [0, 0.1) is 0 Å². The largest absolute Gasteiger partial charge is 0.454 e. The smallest absolute Gasteiger partial charge is 0.231 e. The summed E-state index contributed by atoms with van der Waals surface area (Å²) in [5.74, 6) is 2.39. The van der Waals surface area contributed by atoms with Gasteiger partial charge in [0.25, 0.3) is 0 Å². The van der Waals surface area contributed by atoms with Gasteiger partial charge >= 0.3 is 0 Å². The number of ether oxygens (including phenoxy) is 4. The van der Waals surface area contributed by atoms with Crippen LogP contribution in [0.3, 0.4) is 0 Å². The van der Waals surface area contributed by atoms with Crippen molar-refractivity contribution in [3.05, 3.63) is 36.4 Å². The second-order valence-corrected chi connectivity index (χ2v) is 6.44. The molecule has 0 bridgehead atoms. The second kappa shape index (κ2) is 8.08. The Balaban J connectivity index is 1.16. The number of amides is 2. The number of benzene rings is 2. The lowest BCUT2D eigenvalue weighted by atomic mass is 10.1. The van der Waals surface area contributed by atoms with Crippen LogP contribution in [0.1, 0.15) is 25.7 Å². The van der Waals surface area contributed by atoms with Gasteiger partial charge in [0.1, 0.15) is 0 Å². The van der Waals surface area contributed by atoms with Gasteiger partial charge in [-0.1, -0.05) is 0 Å². The SMILES string of the molecule is O=C(CCCCC(=O)Nc1ccc2c(c1)OCO2)Nc1ccc2c(c1)OCO2. The lowest BCUT2D eigenvalue weighted by Crippen LogP contribution is -2.13. The van der Waals surface area contributed by atoms with E-state index in [2.05, 4.69) is 10.6 Å². The average Bonchev–Trinajstić information content (AvgIpc) is 3.33. The number of carbonyl (C=O) groups is 2. The Bertz CT molecular complexity index is 825. The topological polar surface area (TPSA) is 95.1 Å². The van der Waals surface area contributed by atoms with Gasteiger partial charge in [0.15, 0.2) is 23.0 Å². The molecule has 0 spiro atoms. The molecule has 0 unspecified atom stereocenters. The van der Waals surface area contributed by atoms with Crippen LogP contribution in [-0.2, 0) is 9.59 Å². The van der Waals surface area contributed by atoms with Gasteiger partial charge in [-0.3, -0.25) is 9.59 Å². The standard InChI is InChI=1S/C20H20N2O6/c23-19(21-13-5-7-15-17(9-13)27-11-25-15)3-1-2-4-20(24)22-14-6-8-16-18(10-14)28-12-26-16/h5-10H,1-4,11-12H2,(H,21,23)(H,22,24). The molecule has 2 amide bonds. The first-order valence-electron chi connectivity index (χ1n) is 9.06. The number of hydrogen-bond acceptors (Lipinski definition) is 6. The molecule has 2 N–H and O–H groups in total. The molecule has 2 aromatic carbocycles. The van der Waals surface area contributed by atoms with E-state index in [1.165, 1.54) is 0 Å². The number of unbranched alkanes of at least 4 members (excludes halogenated alkanes) is 1. The van der Waals surface area contributed by atoms with Crippen molar-refractivity contribution in [1.82, 2.24) is 0 Å². The number of fused-ring (bicyclic) bond motifs is 2. The molecule has 0 aliphatic carbocycles. The highest BCUT2D eigenvalue weighted by Crippen LogP contribution is 2.35. The van der Waals surface area contributed by atoms with E-state index in [4.69, 9.17) is 18.9 Å². The van der Waals surface area contributed by atoms with Gasteiger partial charge in [-0.25, -0.2) is 0 Å². The van der Waals surface area contributed by atoms with E-state index < -0.39 is 0 Å². The van der Waals surface area contributed by atoms with Crippen LogP contribution in [-0.4, -0.2) is 25.4 Å². The molecule has 2 aromatic rings. The van der Waals surface area contributed by atoms with E-state index in [-0.39, 0.29) is 25.4 Å². The summed E-state index contributed by atoms with van der Waals surface area (Å²) < 4.78 is 21.0. The van der Waals surface area contributed by atoms with Gasteiger partial charge in [0.05, 0.1) is 0 Å². The van der Waals surface area contributed by atoms with E-state index in [0.717, 1.165) is 0 Å². The lowest BCUT2D eigenvalue weighted by Gasteiger charge is -2.07. The molecular formula is C20H20N2O6. The van der Waals surface area contributed by atoms with Crippen LogP contribution >= 0.6 is 0 Å². The molecule has 4 rings (SSSR count). The average molecular weight is 384 g/mol. The fraction of sp³-hybridized carbons (Fsp3) is 0.300. The first-order chi connectivity index (χ1) is 13.7. The highest BCUT2D eigenvalue weighted by atomic mass is 16.7. The molecule has 0 saturated carbocycles. The Kier molecular flexibility index (Phi) is 5.18. The summed E-state index contributed by atoms with van der Waals surface area (Å²) in [6.45, 7) is 0.391. The fourth-order valence-electron chi connectivity index (χ4n) is 2.97. The molecule has 0 aromatic heterocycles. The summed E-state index contributed by atoms with van der Waals surface area (Å²) in [4.78, 5) is 24.1. The monoisotopic (exact) mass is 384 g/mol.